The molecule has 3 aromatic rings. The fourth-order valence-corrected chi connectivity index (χ4v) is 4.34. The third-order valence-corrected chi connectivity index (χ3v) is 6.31. The number of anilines is 1. The van der Waals surface area contributed by atoms with Crippen LogP contribution in [-0.4, -0.2) is 33.1 Å². The number of nitrogens with one attached hydrogen (secondary N) is 1. The number of rotatable bonds is 5. The fraction of sp³-hybridized carbons (Fsp3) is 0.136. The number of amides is 1. The van der Waals surface area contributed by atoms with Gasteiger partial charge in [-0.3, -0.25) is 4.72 Å². The fourth-order valence-electron chi connectivity index (χ4n) is 3.29. The van der Waals surface area contributed by atoms with Crippen molar-refractivity contribution in [3.63, 3.8) is 0 Å². The Balaban J connectivity index is 1.55. The lowest BCUT2D eigenvalue weighted by Gasteiger charge is -2.17. The molecule has 0 bridgehead atoms. The minimum absolute atomic E-state index is 0.180. The SMILES string of the molecule is CN1C(=O)OCC1c1cccc(NS(=O)(=O)c2ccc(-c3ccccc3)cc2)c1. The predicted octanol–water partition coefficient (Wildman–Crippen LogP) is 4.28. The Hall–Kier alpha value is -3.32. The molecule has 1 unspecified atom stereocenters. The number of likely N-dealkylation sites (N-methyl/N-ethyl adjacent to an activating group) is 1. The highest BCUT2D eigenvalue weighted by atomic mass is 32.2. The second-order valence-corrected chi connectivity index (χ2v) is 8.51. The second-order valence-electron chi connectivity index (χ2n) is 6.82. The van der Waals surface area contributed by atoms with Crippen molar-refractivity contribution in [1.82, 2.24) is 4.90 Å². The van der Waals surface area contributed by atoms with Crippen LogP contribution in [0.2, 0.25) is 0 Å². The van der Waals surface area contributed by atoms with Gasteiger partial charge in [0.25, 0.3) is 10.0 Å². The zero-order valence-electron chi connectivity index (χ0n) is 15.8. The highest BCUT2D eigenvalue weighted by molar-refractivity contribution is 7.92. The number of carbonyl (C=O) groups is 1. The zero-order chi connectivity index (χ0) is 20.4. The maximum absolute atomic E-state index is 12.8. The third-order valence-electron chi connectivity index (χ3n) is 4.92. The number of cyclic esters (lactones) is 1. The van der Waals surface area contributed by atoms with E-state index in [1.54, 1.807) is 49.5 Å². The Labute approximate surface area is 169 Å². The van der Waals surface area contributed by atoms with Gasteiger partial charge in [-0.05, 0) is 41.0 Å². The van der Waals surface area contributed by atoms with E-state index < -0.39 is 10.0 Å². The summed E-state index contributed by atoms with van der Waals surface area (Å²) in [4.78, 5) is 13.3. The molecule has 0 saturated carbocycles. The van der Waals surface area contributed by atoms with Crippen LogP contribution in [0.1, 0.15) is 11.6 Å². The monoisotopic (exact) mass is 408 g/mol. The van der Waals surface area contributed by atoms with Crippen LogP contribution in [0.25, 0.3) is 11.1 Å². The first-order valence-corrected chi connectivity index (χ1v) is 10.6. The van der Waals surface area contributed by atoms with E-state index in [4.69, 9.17) is 4.74 Å². The molecule has 4 rings (SSSR count). The van der Waals surface area contributed by atoms with Crippen LogP contribution >= 0.6 is 0 Å². The molecule has 3 aromatic carbocycles. The number of hydrogen-bond acceptors (Lipinski definition) is 4. The third kappa shape index (κ3) is 3.95. The van der Waals surface area contributed by atoms with Crippen molar-refractivity contribution in [3.05, 3.63) is 84.4 Å². The Kier molecular flexibility index (Phi) is 4.98. The second kappa shape index (κ2) is 7.60. The van der Waals surface area contributed by atoms with E-state index in [1.165, 1.54) is 4.90 Å². The summed E-state index contributed by atoms with van der Waals surface area (Å²) in [5, 5.41) is 0. The van der Waals surface area contributed by atoms with Crippen molar-refractivity contribution in [2.24, 2.45) is 0 Å². The Morgan fingerprint density at radius 1 is 0.931 bits per heavy atom. The standard InChI is InChI=1S/C22H20N2O4S/c1-24-21(15-28-22(24)25)18-8-5-9-19(14-18)23-29(26,27)20-12-10-17(11-13-20)16-6-3-2-4-7-16/h2-14,21,23H,15H2,1H3. The predicted molar refractivity (Wildman–Crippen MR) is 111 cm³/mol. The summed E-state index contributed by atoms with van der Waals surface area (Å²) < 4.78 is 33.2. The first-order chi connectivity index (χ1) is 13.9. The number of sulfonamides is 1. The number of hydrogen-bond donors (Lipinski definition) is 1. The summed E-state index contributed by atoms with van der Waals surface area (Å²) in [6.45, 7) is 0.243. The minimum Gasteiger partial charge on any atom is -0.447 e. The number of benzene rings is 3. The first-order valence-electron chi connectivity index (χ1n) is 9.12. The number of nitrogens with zero attached hydrogens (tertiary/aromatic N) is 1. The topological polar surface area (TPSA) is 75.7 Å². The molecule has 1 N–H and O–H groups in total. The molecule has 1 heterocycles. The zero-order valence-corrected chi connectivity index (χ0v) is 16.6. The Morgan fingerprint density at radius 2 is 1.62 bits per heavy atom. The Bertz CT molecular complexity index is 1130. The summed E-state index contributed by atoms with van der Waals surface area (Å²) in [6, 6.07) is 23.3. The molecular formula is C22H20N2O4S. The molecule has 1 aliphatic rings. The lowest BCUT2D eigenvalue weighted by molar-refractivity contribution is 0.163. The number of carbonyl (C=O) groups excluding carboxylic acids is 1. The van der Waals surface area contributed by atoms with Crippen LogP contribution in [0.5, 0.6) is 0 Å². The van der Waals surface area contributed by atoms with Gasteiger partial charge in [0.2, 0.25) is 0 Å². The molecule has 1 atom stereocenters. The molecule has 0 aliphatic carbocycles. The summed E-state index contributed by atoms with van der Waals surface area (Å²) in [5.74, 6) is 0. The summed E-state index contributed by atoms with van der Waals surface area (Å²) >= 11 is 0. The van der Waals surface area contributed by atoms with Gasteiger partial charge in [0.15, 0.2) is 0 Å². The molecular weight excluding hydrogens is 388 g/mol. The van der Waals surface area contributed by atoms with Crippen LogP contribution in [-0.2, 0) is 14.8 Å². The van der Waals surface area contributed by atoms with E-state index in [-0.39, 0.29) is 23.6 Å². The summed E-state index contributed by atoms with van der Waals surface area (Å²) in [5.41, 5.74) is 3.20. The van der Waals surface area contributed by atoms with Gasteiger partial charge in [0, 0.05) is 12.7 Å². The minimum atomic E-state index is -3.74. The smallest absolute Gasteiger partial charge is 0.410 e. The maximum Gasteiger partial charge on any atom is 0.410 e. The van der Waals surface area contributed by atoms with E-state index in [1.807, 2.05) is 36.4 Å². The quantitative estimate of drug-likeness (QED) is 0.684. The van der Waals surface area contributed by atoms with Crippen molar-refractivity contribution in [3.8, 4) is 11.1 Å². The van der Waals surface area contributed by atoms with Crippen molar-refractivity contribution < 1.29 is 17.9 Å². The van der Waals surface area contributed by atoms with Crippen LogP contribution in [0.4, 0.5) is 10.5 Å². The molecule has 1 amide bonds. The lowest BCUT2D eigenvalue weighted by Crippen LogP contribution is -2.22. The molecule has 0 aromatic heterocycles. The average molecular weight is 408 g/mol. The van der Waals surface area contributed by atoms with Gasteiger partial charge in [-0.1, -0.05) is 54.6 Å². The Morgan fingerprint density at radius 3 is 2.28 bits per heavy atom. The molecule has 1 aliphatic heterocycles. The van der Waals surface area contributed by atoms with Gasteiger partial charge >= 0.3 is 6.09 Å². The highest BCUT2D eigenvalue weighted by Gasteiger charge is 2.31. The molecule has 0 radical (unpaired) electrons. The van der Waals surface area contributed by atoms with E-state index in [9.17, 15) is 13.2 Å². The molecule has 1 fully saturated rings. The molecule has 0 spiro atoms. The molecule has 7 heteroatoms. The largest absolute Gasteiger partial charge is 0.447 e. The number of ether oxygens (including phenoxy) is 1. The normalized spacial score (nSPS) is 16.5. The molecule has 148 valence electrons. The van der Waals surface area contributed by atoms with Crippen LogP contribution in [0.15, 0.2) is 83.8 Å². The molecule has 1 saturated heterocycles. The lowest BCUT2D eigenvalue weighted by atomic mass is 10.1. The molecule has 6 nitrogen and oxygen atoms in total. The van der Waals surface area contributed by atoms with Gasteiger partial charge in [-0.2, -0.15) is 0 Å². The van der Waals surface area contributed by atoms with Crippen molar-refractivity contribution in [2.75, 3.05) is 18.4 Å². The van der Waals surface area contributed by atoms with Crippen molar-refractivity contribution in [1.29, 1.82) is 0 Å². The van der Waals surface area contributed by atoms with Crippen LogP contribution in [0, 0.1) is 0 Å². The van der Waals surface area contributed by atoms with Crippen molar-refractivity contribution >= 4 is 21.8 Å². The van der Waals surface area contributed by atoms with Gasteiger partial charge in [-0.25, -0.2) is 13.2 Å². The van der Waals surface area contributed by atoms with Crippen molar-refractivity contribution in [2.45, 2.75) is 10.9 Å². The van der Waals surface area contributed by atoms with Gasteiger partial charge < -0.3 is 9.64 Å². The van der Waals surface area contributed by atoms with E-state index in [2.05, 4.69) is 4.72 Å². The van der Waals surface area contributed by atoms with Gasteiger partial charge in [0.05, 0.1) is 10.9 Å². The van der Waals surface area contributed by atoms with E-state index in [0.717, 1.165) is 16.7 Å². The van der Waals surface area contributed by atoms with Crippen LogP contribution < -0.4 is 4.72 Å². The maximum atomic E-state index is 12.8. The summed E-state index contributed by atoms with van der Waals surface area (Å²) in [6.07, 6.45) is -0.389. The highest BCUT2D eigenvalue weighted by Crippen LogP contribution is 2.28. The van der Waals surface area contributed by atoms with Gasteiger partial charge in [-0.15, -0.1) is 0 Å². The van der Waals surface area contributed by atoms with Crippen LogP contribution in [0.3, 0.4) is 0 Å². The average Bonchev–Trinajstić information content (AvgIpc) is 3.07. The summed E-state index contributed by atoms with van der Waals surface area (Å²) in [7, 11) is -2.08. The van der Waals surface area contributed by atoms with Gasteiger partial charge in [0.1, 0.15) is 6.61 Å². The first kappa shape index (κ1) is 19.0. The van der Waals surface area contributed by atoms with E-state index >= 15 is 0 Å². The van der Waals surface area contributed by atoms with E-state index in [0.29, 0.717) is 5.69 Å². The molecule has 29 heavy (non-hydrogen) atoms.